The normalized spacial score (nSPS) is 10.3. The van der Waals surface area contributed by atoms with Gasteiger partial charge in [-0.3, -0.25) is 0 Å². The molecule has 0 aliphatic carbocycles. The van der Waals surface area contributed by atoms with Gasteiger partial charge in [0.2, 0.25) is 0 Å². The molecule has 0 saturated carbocycles. The van der Waals surface area contributed by atoms with E-state index in [1.807, 2.05) is 24.4 Å². The Morgan fingerprint density at radius 3 is 2.53 bits per heavy atom. The fraction of sp³-hybridized carbons (Fsp3) is 0.308. The molecule has 1 heterocycles. The zero-order valence-electron chi connectivity index (χ0n) is 10.2. The first-order valence-corrected chi connectivity index (χ1v) is 6.27. The minimum atomic E-state index is 0.734. The van der Waals surface area contributed by atoms with E-state index in [0.29, 0.717) is 0 Å². The standard InChI is InChI=1S/C13H15NO2S/c1-4-10-8-14-13(17-10)9-5-6-11(15-2)12(7-9)16-3/h5-8H,4H2,1-3H3. The van der Waals surface area contributed by atoms with Crippen LogP contribution in [0.3, 0.4) is 0 Å². The lowest BCUT2D eigenvalue weighted by molar-refractivity contribution is 0.355. The second-order valence-electron chi connectivity index (χ2n) is 3.56. The maximum atomic E-state index is 5.28. The average Bonchev–Trinajstić information content (AvgIpc) is 2.86. The summed E-state index contributed by atoms with van der Waals surface area (Å²) in [7, 11) is 3.27. The van der Waals surface area contributed by atoms with Crippen LogP contribution in [0.15, 0.2) is 24.4 Å². The molecule has 0 bridgehead atoms. The van der Waals surface area contributed by atoms with Crippen LogP contribution in [0.1, 0.15) is 11.8 Å². The number of rotatable bonds is 4. The summed E-state index contributed by atoms with van der Waals surface area (Å²) in [5.41, 5.74) is 1.06. The van der Waals surface area contributed by atoms with Crippen molar-refractivity contribution in [1.29, 1.82) is 0 Å². The number of thiazole rings is 1. The topological polar surface area (TPSA) is 31.4 Å². The van der Waals surface area contributed by atoms with Gasteiger partial charge in [-0.2, -0.15) is 0 Å². The van der Waals surface area contributed by atoms with Crippen molar-refractivity contribution in [3.63, 3.8) is 0 Å². The van der Waals surface area contributed by atoms with Crippen molar-refractivity contribution in [1.82, 2.24) is 4.98 Å². The van der Waals surface area contributed by atoms with Crippen molar-refractivity contribution >= 4 is 11.3 Å². The highest BCUT2D eigenvalue weighted by atomic mass is 32.1. The number of nitrogens with zero attached hydrogens (tertiary/aromatic N) is 1. The Kier molecular flexibility index (Phi) is 3.64. The van der Waals surface area contributed by atoms with Gasteiger partial charge < -0.3 is 9.47 Å². The zero-order valence-corrected chi connectivity index (χ0v) is 11.0. The van der Waals surface area contributed by atoms with Gasteiger partial charge in [0.05, 0.1) is 14.2 Å². The molecule has 17 heavy (non-hydrogen) atoms. The van der Waals surface area contributed by atoms with E-state index in [2.05, 4.69) is 11.9 Å². The highest BCUT2D eigenvalue weighted by molar-refractivity contribution is 7.15. The Hall–Kier alpha value is -1.55. The Bertz CT molecular complexity index is 508. The van der Waals surface area contributed by atoms with Crippen molar-refractivity contribution < 1.29 is 9.47 Å². The summed E-state index contributed by atoms with van der Waals surface area (Å²) in [6.45, 7) is 2.13. The highest BCUT2D eigenvalue weighted by Gasteiger charge is 2.08. The van der Waals surface area contributed by atoms with E-state index >= 15 is 0 Å². The van der Waals surface area contributed by atoms with Crippen LogP contribution >= 0.6 is 11.3 Å². The van der Waals surface area contributed by atoms with Gasteiger partial charge in [0.1, 0.15) is 5.01 Å². The number of aromatic nitrogens is 1. The third-order valence-corrected chi connectivity index (χ3v) is 3.72. The van der Waals surface area contributed by atoms with Crippen LogP contribution in [-0.2, 0) is 6.42 Å². The lowest BCUT2D eigenvalue weighted by Crippen LogP contribution is -1.90. The third kappa shape index (κ3) is 2.42. The number of ether oxygens (including phenoxy) is 2. The fourth-order valence-corrected chi connectivity index (χ4v) is 2.42. The van der Waals surface area contributed by atoms with Gasteiger partial charge in [-0.15, -0.1) is 11.3 Å². The monoisotopic (exact) mass is 249 g/mol. The molecule has 2 rings (SSSR count). The molecule has 90 valence electrons. The van der Waals surface area contributed by atoms with E-state index in [1.54, 1.807) is 25.6 Å². The van der Waals surface area contributed by atoms with E-state index in [4.69, 9.17) is 9.47 Å². The highest BCUT2D eigenvalue weighted by Crippen LogP contribution is 2.33. The van der Waals surface area contributed by atoms with Crippen molar-refractivity contribution in [3.05, 3.63) is 29.3 Å². The first-order valence-electron chi connectivity index (χ1n) is 5.45. The smallest absolute Gasteiger partial charge is 0.161 e. The van der Waals surface area contributed by atoms with Crippen LogP contribution in [0.25, 0.3) is 10.6 Å². The Labute approximate surface area is 105 Å². The van der Waals surface area contributed by atoms with E-state index < -0.39 is 0 Å². The number of aryl methyl sites for hydroxylation is 1. The number of hydrogen-bond acceptors (Lipinski definition) is 4. The van der Waals surface area contributed by atoms with Crippen LogP contribution in [0.2, 0.25) is 0 Å². The molecular formula is C13H15NO2S. The zero-order chi connectivity index (χ0) is 12.3. The van der Waals surface area contributed by atoms with Gasteiger partial charge in [-0.05, 0) is 24.6 Å². The first-order chi connectivity index (χ1) is 8.28. The molecule has 0 spiro atoms. The maximum Gasteiger partial charge on any atom is 0.161 e. The molecule has 0 amide bonds. The molecule has 1 aromatic carbocycles. The van der Waals surface area contributed by atoms with E-state index in [-0.39, 0.29) is 0 Å². The predicted molar refractivity (Wildman–Crippen MR) is 70.0 cm³/mol. The van der Waals surface area contributed by atoms with Crippen LogP contribution < -0.4 is 9.47 Å². The fourth-order valence-electron chi connectivity index (χ4n) is 1.57. The van der Waals surface area contributed by atoms with E-state index in [9.17, 15) is 0 Å². The van der Waals surface area contributed by atoms with E-state index in [0.717, 1.165) is 28.5 Å². The lowest BCUT2D eigenvalue weighted by atomic mass is 10.2. The van der Waals surface area contributed by atoms with E-state index in [1.165, 1.54) is 4.88 Å². The molecule has 0 fully saturated rings. The minimum absolute atomic E-state index is 0.734. The van der Waals surface area contributed by atoms with Crippen LogP contribution in [0, 0.1) is 0 Å². The SMILES string of the molecule is CCc1cnc(-c2ccc(OC)c(OC)c2)s1. The van der Waals surface area contributed by atoms with Gasteiger partial charge in [-0.25, -0.2) is 4.98 Å². The quantitative estimate of drug-likeness (QED) is 0.832. The van der Waals surface area contributed by atoms with Gasteiger partial charge in [-0.1, -0.05) is 6.92 Å². The summed E-state index contributed by atoms with van der Waals surface area (Å²) in [5.74, 6) is 1.47. The van der Waals surface area contributed by atoms with Crippen LogP contribution in [-0.4, -0.2) is 19.2 Å². The lowest BCUT2D eigenvalue weighted by Gasteiger charge is -2.08. The molecular weight excluding hydrogens is 234 g/mol. The molecule has 0 atom stereocenters. The van der Waals surface area contributed by atoms with Gasteiger partial charge in [0, 0.05) is 16.6 Å². The molecule has 0 N–H and O–H groups in total. The Balaban J connectivity index is 2.38. The molecule has 0 aliphatic heterocycles. The van der Waals surface area contributed by atoms with Crippen molar-refractivity contribution in [2.45, 2.75) is 13.3 Å². The minimum Gasteiger partial charge on any atom is -0.493 e. The molecule has 4 heteroatoms. The second kappa shape index (κ2) is 5.19. The number of benzene rings is 1. The third-order valence-electron chi connectivity index (χ3n) is 2.53. The van der Waals surface area contributed by atoms with Crippen molar-refractivity contribution in [2.24, 2.45) is 0 Å². The predicted octanol–water partition coefficient (Wildman–Crippen LogP) is 3.39. The van der Waals surface area contributed by atoms with Gasteiger partial charge >= 0.3 is 0 Å². The van der Waals surface area contributed by atoms with Crippen LogP contribution in [0.5, 0.6) is 11.5 Å². The van der Waals surface area contributed by atoms with Gasteiger partial charge in [0.25, 0.3) is 0 Å². The summed E-state index contributed by atoms with van der Waals surface area (Å²) >= 11 is 1.71. The number of methoxy groups -OCH3 is 2. The van der Waals surface area contributed by atoms with Crippen molar-refractivity contribution in [3.8, 4) is 22.1 Å². The molecule has 3 nitrogen and oxygen atoms in total. The second-order valence-corrected chi connectivity index (χ2v) is 4.67. The van der Waals surface area contributed by atoms with Gasteiger partial charge in [0.15, 0.2) is 11.5 Å². The molecule has 2 aromatic rings. The largest absolute Gasteiger partial charge is 0.493 e. The molecule has 0 unspecified atom stereocenters. The summed E-state index contributed by atoms with van der Waals surface area (Å²) in [6, 6.07) is 5.86. The Morgan fingerprint density at radius 1 is 1.18 bits per heavy atom. The van der Waals surface area contributed by atoms with Crippen molar-refractivity contribution in [2.75, 3.05) is 14.2 Å². The molecule has 0 saturated heterocycles. The first kappa shape index (κ1) is 11.9. The van der Waals surface area contributed by atoms with Crippen LogP contribution in [0.4, 0.5) is 0 Å². The molecule has 0 radical (unpaired) electrons. The summed E-state index contributed by atoms with van der Waals surface area (Å²) in [6.07, 6.45) is 2.95. The average molecular weight is 249 g/mol. The maximum absolute atomic E-state index is 5.28. The summed E-state index contributed by atoms with van der Waals surface area (Å²) < 4.78 is 10.5. The Morgan fingerprint density at radius 2 is 1.94 bits per heavy atom. The number of hydrogen-bond donors (Lipinski definition) is 0. The molecule has 0 aliphatic rings. The summed E-state index contributed by atoms with van der Waals surface area (Å²) in [5, 5.41) is 1.02. The summed E-state index contributed by atoms with van der Waals surface area (Å²) in [4.78, 5) is 5.70. The molecule has 1 aromatic heterocycles.